The maximum Gasteiger partial charge on any atom is 0.404 e. The Morgan fingerprint density at radius 1 is 1.31 bits per heavy atom. The molecule has 0 spiro atoms. The summed E-state index contributed by atoms with van der Waals surface area (Å²) in [5.41, 5.74) is 1.25. The van der Waals surface area contributed by atoms with Crippen LogP contribution in [0.25, 0.3) is 0 Å². The molecule has 0 bridgehead atoms. The first-order valence-electron chi connectivity index (χ1n) is 11.9. The van der Waals surface area contributed by atoms with E-state index < -0.39 is 24.1 Å². The number of amides is 2. The van der Waals surface area contributed by atoms with Crippen LogP contribution < -0.4 is 5.32 Å². The normalized spacial score (nSPS) is 33.0. The van der Waals surface area contributed by atoms with E-state index in [9.17, 15) is 24.6 Å². The molecule has 0 radical (unpaired) electrons. The van der Waals surface area contributed by atoms with Crippen molar-refractivity contribution in [2.45, 2.75) is 56.9 Å². The highest BCUT2D eigenvalue weighted by atomic mass is 35.5. The van der Waals surface area contributed by atoms with E-state index in [4.69, 9.17) is 16.7 Å². The van der Waals surface area contributed by atoms with Crippen LogP contribution in [-0.2, 0) is 9.59 Å². The van der Waals surface area contributed by atoms with Crippen molar-refractivity contribution in [1.82, 2.24) is 10.2 Å². The second-order valence-corrected chi connectivity index (χ2v) is 11.6. The molecule has 35 heavy (non-hydrogen) atoms. The van der Waals surface area contributed by atoms with E-state index >= 15 is 0 Å². The molecule has 8 nitrogen and oxygen atoms in total. The Morgan fingerprint density at radius 3 is 2.66 bits per heavy atom. The average Bonchev–Trinajstić information content (AvgIpc) is 3.02. The third-order valence-electron chi connectivity index (χ3n) is 7.31. The molecule has 1 fully saturated rings. The molecule has 7 atom stereocenters. The van der Waals surface area contributed by atoms with E-state index in [1.165, 1.54) is 22.2 Å². The number of thioether (sulfide) groups is 1. The summed E-state index contributed by atoms with van der Waals surface area (Å²) in [7, 11) is 0. The Kier molecular flexibility index (Phi) is 7.68. The lowest BCUT2D eigenvalue weighted by atomic mass is 9.79. The average molecular weight is 523 g/mol. The van der Waals surface area contributed by atoms with Crippen LogP contribution in [0.3, 0.4) is 0 Å². The summed E-state index contributed by atoms with van der Waals surface area (Å²) in [6.07, 6.45) is 9.37. The van der Waals surface area contributed by atoms with Gasteiger partial charge in [-0.05, 0) is 50.5 Å². The van der Waals surface area contributed by atoms with Crippen LogP contribution in [-0.4, -0.2) is 62.1 Å². The standard InChI is InChI=1S/C25H31ClN2O6S/c1-12-20-19(13(2)29)23(30)28(20)21(24(31)32)22(12)35-18-9-15(7-14-3-5-17(26)6-4-14)8-16(10-18)11-27-25(33)34/h3,5-6,8,12-14,16,18-20,27,29H,4,7,9-11H2,1-2H3,(H,31,32)(H,33,34). The number of fused-ring (bicyclic) bond motifs is 1. The summed E-state index contributed by atoms with van der Waals surface area (Å²) in [6.45, 7) is 3.78. The summed E-state index contributed by atoms with van der Waals surface area (Å²) in [5, 5.41) is 32.4. The first-order valence-corrected chi connectivity index (χ1v) is 13.2. The van der Waals surface area contributed by atoms with Crippen LogP contribution in [0.2, 0.25) is 0 Å². The minimum atomic E-state index is -1.13. The van der Waals surface area contributed by atoms with Gasteiger partial charge in [0, 0.05) is 27.7 Å². The lowest BCUT2D eigenvalue weighted by Gasteiger charge is -2.46. The van der Waals surface area contributed by atoms with Gasteiger partial charge in [0.1, 0.15) is 5.70 Å². The molecule has 0 aromatic carbocycles. The summed E-state index contributed by atoms with van der Waals surface area (Å²) in [6, 6.07) is -0.344. The SMILES string of the molecule is CC(O)C1C(=O)N2C(C(=O)O)=C(SC3CC(CC4C=CC(Cl)=CC4)=CC(CNC(=O)O)C3)C(C)C12. The highest BCUT2D eigenvalue weighted by Crippen LogP contribution is 2.52. The summed E-state index contributed by atoms with van der Waals surface area (Å²) in [5.74, 6) is -1.95. The molecule has 10 heteroatoms. The van der Waals surface area contributed by atoms with Gasteiger partial charge in [0.15, 0.2) is 0 Å². The Bertz CT molecular complexity index is 1030. The highest BCUT2D eigenvalue weighted by Gasteiger charge is 2.60. The number of allylic oxidation sites excluding steroid dienone is 5. The number of nitrogens with one attached hydrogen (secondary N) is 1. The zero-order chi connectivity index (χ0) is 25.4. The van der Waals surface area contributed by atoms with Crippen molar-refractivity contribution in [3.05, 3.63) is 45.5 Å². The Hall–Kier alpha value is -2.23. The first-order chi connectivity index (χ1) is 16.6. The summed E-state index contributed by atoms with van der Waals surface area (Å²) in [4.78, 5) is 37.9. The Morgan fingerprint density at radius 2 is 2.06 bits per heavy atom. The van der Waals surface area contributed by atoms with Crippen LogP contribution in [0, 0.1) is 23.7 Å². The van der Waals surface area contributed by atoms with E-state index in [0.717, 1.165) is 24.3 Å². The monoisotopic (exact) mass is 522 g/mol. The van der Waals surface area contributed by atoms with Crippen molar-refractivity contribution in [1.29, 1.82) is 0 Å². The van der Waals surface area contributed by atoms with Crippen LogP contribution in [0.15, 0.2) is 45.5 Å². The fraction of sp³-hybridized carbons (Fsp3) is 0.560. The van der Waals surface area contributed by atoms with Crippen molar-refractivity contribution in [3.63, 3.8) is 0 Å². The van der Waals surface area contributed by atoms with Crippen LogP contribution >= 0.6 is 23.4 Å². The molecule has 4 rings (SSSR count). The molecule has 0 aromatic heterocycles. The molecule has 0 saturated carbocycles. The summed E-state index contributed by atoms with van der Waals surface area (Å²) < 4.78 is 0. The maximum atomic E-state index is 12.6. The second-order valence-electron chi connectivity index (χ2n) is 9.87. The molecule has 0 aromatic rings. The third-order valence-corrected chi connectivity index (χ3v) is 9.11. The Balaban J connectivity index is 1.54. The van der Waals surface area contributed by atoms with E-state index in [1.807, 2.05) is 19.1 Å². The fourth-order valence-corrected chi connectivity index (χ4v) is 7.58. The minimum absolute atomic E-state index is 0.00601. The number of aliphatic carboxylic acids is 1. The molecule has 2 heterocycles. The maximum absolute atomic E-state index is 12.6. The van der Waals surface area contributed by atoms with Gasteiger partial charge in [0.25, 0.3) is 0 Å². The smallest absolute Gasteiger partial charge is 0.404 e. The van der Waals surface area contributed by atoms with Crippen molar-refractivity contribution < 1.29 is 29.7 Å². The van der Waals surface area contributed by atoms with Gasteiger partial charge in [-0.1, -0.05) is 42.3 Å². The number of β-lactam (4-membered cyclic amide) rings is 1. The molecule has 2 aliphatic heterocycles. The second kappa shape index (κ2) is 10.4. The largest absolute Gasteiger partial charge is 0.477 e. The van der Waals surface area contributed by atoms with E-state index in [2.05, 4.69) is 17.5 Å². The number of carbonyl (C=O) groups excluding carboxylic acids is 1. The number of aliphatic hydroxyl groups is 1. The molecule has 4 aliphatic rings. The zero-order valence-electron chi connectivity index (χ0n) is 19.7. The quantitative estimate of drug-likeness (QED) is 0.281. The zero-order valence-corrected chi connectivity index (χ0v) is 21.3. The molecule has 2 amide bonds. The molecule has 2 aliphatic carbocycles. The van der Waals surface area contributed by atoms with Gasteiger partial charge >= 0.3 is 12.1 Å². The molecule has 190 valence electrons. The molecular weight excluding hydrogens is 492 g/mol. The van der Waals surface area contributed by atoms with Crippen LogP contribution in [0.1, 0.15) is 39.5 Å². The predicted molar refractivity (Wildman–Crippen MR) is 134 cm³/mol. The molecular formula is C25H31ClN2O6S. The lowest BCUT2D eigenvalue weighted by molar-refractivity contribution is -0.163. The molecule has 7 unspecified atom stereocenters. The number of aliphatic hydroxyl groups excluding tert-OH is 1. The van der Waals surface area contributed by atoms with Crippen LogP contribution in [0.4, 0.5) is 4.79 Å². The van der Waals surface area contributed by atoms with Gasteiger partial charge in [0.05, 0.1) is 18.1 Å². The summed E-state index contributed by atoms with van der Waals surface area (Å²) >= 11 is 7.55. The van der Waals surface area contributed by atoms with Gasteiger partial charge in [0.2, 0.25) is 5.91 Å². The van der Waals surface area contributed by atoms with Crippen molar-refractivity contribution >= 4 is 41.3 Å². The van der Waals surface area contributed by atoms with Crippen molar-refractivity contribution in [2.75, 3.05) is 6.54 Å². The van der Waals surface area contributed by atoms with E-state index in [1.54, 1.807) is 6.92 Å². The van der Waals surface area contributed by atoms with Crippen molar-refractivity contribution in [3.8, 4) is 0 Å². The fourth-order valence-electron chi connectivity index (χ4n) is 5.77. The molecule has 1 saturated heterocycles. The number of carboxylic acid groups (broad SMARTS) is 2. The van der Waals surface area contributed by atoms with Gasteiger partial charge in [-0.2, -0.15) is 0 Å². The first kappa shape index (κ1) is 25.9. The highest BCUT2D eigenvalue weighted by molar-refractivity contribution is 8.03. The van der Waals surface area contributed by atoms with Gasteiger partial charge in [-0.15, -0.1) is 11.8 Å². The van der Waals surface area contributed by atoms with Gasteiger partial charge in [-0.25, -0.2) is 9.59 Å². The van der Waals surface area contributed by atoms with Gasteiger partial charge in [-0.3, -0.25) is 4.79 Å². The van der Waals surface area contributed by atoms with Gasteiger partial charge < -0.3 is 25.5 Å². The number of nitrogens with zero attached hydrogens (tertiary/aromatic N) is 1. The number of hydrogen-bond donors (Lipinski definition) is 4. The number of rotatable bonds is 8. The number of carboxylic acids is 1. The topological polar surface area (TPSA) is 127 Å². The lowest BCUT2D eigenvalue weighted by Crippen LogP contribution is -2.63. The van der Waals surface area contributed by atoms with Crippen LogP contribution in [0.5, 0.6) is 0 Å². The number of halogens is 1. The minimum Gasteiger partial charge on any atom is -0.477 e. The predicted octanol–water partition coefficient (Wildman–Crippen LogP) is 3.93. The molecule has 4 N–H and O–H groups in total. The number of carbonyl (C=O) groups is 3. The van der Waals surface area contributed by atoms with E-state index in [0.29, 0.717) is 23.8 Å². The van der Waals surface area contributed by atoms with Crippen molar-refractivity contribution in [2.24, 2.45) is 23.7 Å². The third kappa shape index (κ3) is 5.32. The van der Waals surface area contributed by atoms with E-state index in [-0.39, 0.29) is 34.7 Å². The Labute approximate surface area is 213 Å². The number of hydrogen-bond acceptors (Lipinski definition) is 5.